The van der Waals surface area contributed by atoms with Crippen molar-refractivity contribution >= 4 is 27.5 Å². The van der Waals surface area contributed by atoms with Crippen LogP contribution in [0.25, 0.3) is 32.8 Å². The van der Waals surface area contributed by atoms with Gasteiger partial charge in [-0.25, -0.2) is 13.2 Å². The molecule has 3 atom stereocenters. The third-order valence-electron chi connectivity index (χ3n) is 11.6. The van der Waals surface area contributed by atoms with Crippen LogP contribution in [0.3, 0.4) is 0 Å². The van der Waals surface area contributed by atoms with E-state index in [1.165, 1.54) is 24.3 Å². The first-order valence-electron chi connectivity index (χ1n) is 16.9. The van der Waals surface area contributed by atoms with Crippen molar-refractivity contribution in [1.82, 2.24) is 20.2 Å². The number of aromatic hydroxyl groups is 1. The highest BCUT2D eigenvalue weighted by Crippen LogP contribution is 2.46. The fraction of sp³-hybridized carbons (Fsp3) is 0.459. The lowest BCUT2D eigenvalue weighted by Crippen LogP contribution is -2.58. The molecule has 9 rings (SSSR count). The molecule has 0 radical (unpaired) electrons. The van der Waals surface area contributed by atoms with Crippen molar-refractivity contribution in [3.63, 3.8) is 0 Å². The standard InChI is InChI=1S/C37H36F3N5O2/c1-2-23-26(38)10-8-20-16-22(46)17-25(29(20)23)30-32(39)24-6-3-7-28-27-11-9-21(41-27)18-45(28)35-31(24)34(33(30)40)42-36(43-35)47-19-37-12-4-14-44(37)15-5-13-37/h1,8,10,16-17,21,27-28,41,46H,3-7,9,11-15,18-19H2/t21-,27+,28-/m1/s1. The number of hydrogen-bond donors (Lipinski definition) is 2. The fourth-order valence-electron chi connectivity index (χ4n) is 9.48. The average molecular weight is 640 g/mol. The number of rotatable bonds is 4. The van der Waals surface area contributed by atoms with Crippen molar-refractivity contribution in [3.8, 4) is 35.2 Å². The van der Waals surface area contributed by atoms with Gasteiger partial charge in [-0.05, 0) is 94.5 Å². The van der Waals surface area contributed by atoms with Crippen LogP contribution in [-0.2, 0) is 6.42 Å². The number of piperazine rings is 1. The maximum atomic E-state index is 17.2. The Morgan fingerprint density at radius 1 is 1.02 bits per heavy atom. The smallest absolute Gasteiger partial charge is 0.319 e. The van der Waals surface area contributed by atoms with Gasteiger partial charge in [0.1, 0.15) is 35.3 Å². The second-order valence-corrected chi connectivity index (χ2v) is 14.1. The first-order chi connectivity index (χ1) is 22.8. The second kappa shape index (κ2) is 10.7. The lowest BCUT2D eigenvalue weighted by molar-refractivity contribution is 0.108. The van der Waals surface area contributed by atoms with Gasteiger partial charge in [0.25, 0.3) is 0 Å². The normalized spacial score (nSPS) is 24.6. The number of aromatic nitrogens is 2. The molecule has 2 bridgehead atoms. The topological polar surface area (TPSA) is 73.8 Å². The molecule has 5 aliphatic rings. The molecule has 6 heterocycles. The van der Waals surface area contributed by atoms with Crippen LogP contribution in [-0.4, -0.2) is 69.9 Å². The Hall–Kier alpha value is -4.07. The van der Waals surface area contributed by atoms with E-state index in [-0.39, 0.29) is 63.0 Å². The Bertz CT molecular complexity index is 2000. The van der Waals surface area contributed by atoms with Gasteiger partial charge in [0, 0.05) is 41.2 Å². The number of benzene rings is 3. The summed E-state index contributed by atoms with van der Waals surface area (Å²) in [6.45, 7) is 3.16. The summed E-state index contributed by atoms with van der Waals surface area (Å²) in [7, 11) is 0. The van der Waals surface area contributed by atoms with E-state index < -0.39 is 17.5 Å². The SMILES string of the molecule is C#Cc1c(F)ccc2cc(O)cc(-c3c(F)c4c5c(nc(OCC67CCCN6CCC7)nc5c3F)N3C[C@H]5CC[C@H](N5)[C@H]3CCC4)c12. The van der Waals surface area contributed by atoms with Gasteiger partial charge in [-0.15, -0.1) is 6.42 Å². The van der Waals surface area contributed by atoms with Gasteiger partial charge in [-0.1, -0.05) is 12.0 Å². The van der Waals surface area contributed by atoms with Crippen molar-refractivity contribution in [1.29, 1.82) is 0 Å². The van der Waals surface area contributed by atoms with Crippen LogP contribution in [0.5, 0.6) is 11.8 Å². The van der Waals surface area contributed by atoms with Gasteiger partial charge in [0.05, 0.1) is 22.1 Å². The lowest BCUT2D eigenvalue weighted by Gasteiger charge is -2.43. The van der Waals surface area contributed by atoms with E-state index in [2.05, 4.69) is 21.0 Å². The molecule has 0 saturated carbocycles. The van der Waals surface area contributed by atoms with Crippen molar-refractivity contribution in [2.24, 2.45) is 0 Å². The maximum Gasteiger partial charge on any atom is 0.319 e. The summed E-state index contributed by atoms with van der Waals surface area (Å²) in [5.41, 5.74) is -0.328. The van der Waals surface area contributed by atoms with Gasteiger partial charge in [0.15, 0.2) is 5.82 Å². The largest absolute Gasteiger partial charge is 0.508 e. The monoisotopic (exact) mass is 639 g/mol. The number of phenolic OH excluding ortho intramolecular Hbond substituents is 1. The zero-order chi connectivity index (χ0) is 32.0. The van der Waals surface area contributed by atoms with Crippen molar-refractivity contribution < 1.29 is 23.0 Å². The minimum absolute atomic E-state index is 0.0187. The Kier molecular flexibility index (Phi) is 6.64. The van der Waals surface area contributed by atoms with Gasteiger partial charge in [0.2, 0.25) is 0 Å². The van der Waals surface area contributed by atoms with E-state index in [9.17, 15) is 5.11 Å². The highest BCUT2D eigenvalue weighted by molar-refractivity contribution is 6.05. The number of aryl methyl sites for hydroxylation is 1. The molecule has 0 spiro atoms. The average Bonchev–Trinajstić information content (AvgIpc) is 3.76. The van der Waals surface area contributed by atoms with Crippen LogP contribution in [0.1, 0.15) is 62.5 Å². The summed E-state index contributed by atoms with van der Waals surface area (Å²) < 4.78 is 55.7. The molecule has 5 aliphatic heterocycles. The number of ether oxygens (including phenoxy) is 1. The minimum Gasteiger partial charge on any atom is -0.508 e. The first-order valence-corrected chi connectivity index (χ1v) is 16.9. The molecule has 7 nitrogen and oxygen atoms in total. The summed E-state index contributed by atoms with van der Waals surface area (Å²) >= 11 is 0. The zero-order valence-corrected chi connectivity index (χ0v) is 26.1. The summed E-state index contributed by atoms with van der Waals surface area (Å²) in [5, 5.41) is 15.3. The van der Waals surface area contributed by atoms with E-state index >= 15 is 13.2 Å². The lowest BCUT2D eigenvalue weighted by atomic mass is 9.87. The maximum absolute atomic E-state index is 17.2. The zero-order valence-electron chi connectivity index (χ0n) is 26.1. The van der Waals surface area contributed by atoms with Crippen LogP contribution in [0.4, 0.5) is 19.0 Å². The van der Waals surface area contributed by atoms with Gasteiger partial charge >= 0.3 is 6.01 Å². The predicted octanol–water partition coefficient (Wildman–Crippen LogP) is 6.21. The summed E-state index contributed by atoms with van der Waals surface area (Å²) in [6, 6.07) is 6.06. The van der Waals surface area contributed by atoms with Crippen LogP contribution in [0.2, 0.25) is 0 Å². The number of fused-ring (bicyclic) bond motifs is 7. The Morgan fingerprint density at radius 3 is 2.66 bits per heavy atom. The van der Waals surface area contributed by atoms with Crippen LogP contribution >= 0.6 is 0 Å². The summed E-state index contributed by atoms with van der Waals surface area (Å²) in [4.78, 5) is 14.4. The van der Waals surface area contributed by atoms with Gasteiger partial charge in [-0.2, -0.15) is 9.97 Å². The number of halogens is 3. The Balaban J connectivity index is 1.29. The molecule has 4 fully saturated rings. The highest BCUT2D eigenvalue weighted by atomic mass is 19.1. The summed E-state index contributed by atoms with van der Waals surface area (Å²) in [6.07, 6.45) is 13.9. The second-order valence-electron chi connectivity index (χ2n) is 14.1. The number of nitrogens with zero attached hydrogens (tertiary/aromatic N) is 4. The molecule has 0 amide bonds. The number of anilines is 1. The number of phenols is 1. The Labute approximate surface area is 271 Å². The summed E-state index contributed by atoms with van der Waals surface area (Å²) in [5.74, 6) is 0.293. The highest BCUT2D eigenvalue weighted by Gasteiger charge is 2.46. The molecule has 0 unspecified atom stereocenters. The molecule has 4 aromatic rings. The van der Waals surface area contributed by atoms with E-state index in [4.69, 9.17) is 21.1 Å². The molecule has 0 aliphatic carbocycles. The number of terminal acetylenes is 1. The van der Waals surface area contributed by atoms with Crippen molar-refractivity contribution in [2.75, 3.05) is 31.1 Å². The van der Waals surface area contributed by atoms with Crippen molar-refractivity contribution in [2.45, 2.75) is 81.5 Å². The van der Waals surface area contributed by atoms with Gasteiger partial charge in [-0.3, -0.25) is 4.90 Å². The van der Waals surface area contributed by atoms with Crippen molar-refractivity contribution in [3.05, 3.63) is 52.8 Å². The molecule has 3 aromatic carbocycles. The number of hydrogen-bond acceptors (Lipinski definition) is 7. The predicted molar refractivity (Wildman–Crippen MR) is 174 cm³/mol. The molecule has 47 heavy (non-hydrogen) atoms. The van der Waals surface area contributed by atoms with E-state index in [0.717, 1.165) is 58.0 Å². The van der Waals surface area contributed by atoms with E-state index in [1.54, 1.807) is 0 Å². The first kappa shape index (κ1) is 29.1. The fourth-order valence-corrected chi connectivity index (χ4v) is 9.48. The Morgan fingerprint density at radius 2 is 1.85 bits per heavy atom. The molecule has 10 heteroatoms. The number of nitrogens with one attached hydrogen (secondary N) is 1. The third kappa shape index (κ3) is 4.35. The molecular formula is C37H36F3N5O2. The molecule has 242 valence electrons. The molecule has 4 saturated heterocycles. The van der Waals surface area contributed by atoms with E-state index in [1.807, 2.05) is 0 Å². The quantitative estimate of drug-likeness (QED) is 0.258. The van der Waals surface area contributed by atoms with Gasteiger partial charge < -0.3 is 20.1 Å². The van der Waals surface area contributed by atoms with E-state index in [0.29, 0.717) is 48.1 Å². The van der Waals surface area contributed by atoms with Crippen LogP contribution in [0, 0.1) is 29.8 Å². The van der Waals surface area contributed by atoms with Crippen LogP contribution in [0.15, 0.2) is 24.3 Å². The molecular weight excluding hydrogens is 603 g/mol. The molecule has 1 aromatic heterocycles. The van der Waals surface area contributed by atoms with Crippen LogP contribution < -0.4 is 15.0 Å². The minimum atomic E-state index is -0.911. The molecule has 2 N–H and O–H groups in total. The third-order valence-corrected chi connectivity index (χ3v) is 11.6.